The Morgan fingerprint density at radius 3 is 2.30 bits per heavy atom. The number of nitrogens with zero attached hydrogens (tertiary/aromatic N) is 2. The molecule has 3 fully saturated rings. The molecule has 0 bridgehead atoms. The first kappa shape index (κ1) is 29.3. The molecule has 0 spiro atoms. The van der Waals surface area contributed by atoms with Gasteiger partial charge in [-0.25, -0.2) is 14.1 Å². The van der Waals surface area contributed by atoms with Crippen molar-refractivity contribution >= 4 is 58.6 Å². The van der Waals surface area contributed by atoms with E-state index < -0.39 is 69.0 Å². The predicted octanol–water partition coefficient (Wildman–Crippen LogP) is 3.53. The molecule has 224 valence electrons. The highest BCUT2D eigenvalue weighted by Crippen LogP contribution is 2.65. The molecule has 13 heteroatoms. The molecule has 2 aliphatic heterocycles. The zero-order chi connectivity index (χ0) is 30.8. The van der Waals surface area contributed by atoms with Crippen molar-refractivity contribution in [1.82, 2.24) is 4.90 Å². The van der Waals surface area contributed by atoms with Gasteiger partial charge < -0.3 is 14.6 Å². The fraction of sp³-hybridized carbons (Fsp3) is 0.367. The number of anilines is 1. The summed E-state index contributed by atoms with van der Waals surface area (Å²) in [6.07, 6.45) is 0.417. The van der Waals surface area contributed by atoms with Gasteiger partial charge in [-0.05, 0) is 60.7 Å². The largest absolute Gasteiger partial charge is 0.491 e. The summed E-state index contributed by atoms with van der Waals surface area (Å²) >= 11 is 14.5. The van der Waals surface area contributed by atoms with Crippen molar-refractivity contribution in [3.05, 3.63) is 71.6 Å². The van der Waals surface area contributed by atoms with E-state index in [4.69, 9.17) is 33.0 Å². The molecule has 2 heterocycles. The van der Waals surface area contributed by atoms with E-state index in [9.17, 15) is 28.4 Å². The van der Waals surface area contributed by atoms with Gasteiger partial charge in [-0.1, -0.05) is 23.8 Å². The lowest BCUT2D eigenvalue weighted by molar-refractivity contribution is -0.138. The van der Waals surface area contributed by atoms with Crippen molar-refractivity contribution in [3.63, 3.8) is 0 Å². The summed E-state index contributed by atoms with van der Waals surface area (Å²) < 4.78 is 23.9. The number of ether oxygens (including phenoxy) is 2. The summed E-state index contributed by atoms with van der Waals surface area (Å²) in [5, 5.41) is 9.11. The zero-order valence-electron chi connectivity index (χ0n) is 22.7. The molecule has 2 aromatic carbocycles. The molecule has 6 atom stereocenters. The molecule has 0 unspecified atom stereocenters. The smallest absolute Gasteiger partial charge is 0.423 e. The van der Waals surface area contributed by atoms with Gasteiger partial charge in [0.1, 0.15) is 18.2 Å². The average Bonchev–Trinajstić information content (AvgIpc) is 3.34. The third-order valence-corrected chi connectivity index (χ3v) is 10.2. The van der Waals surface area contributed by atoms with Gasteiger partial charge in [0.2, 0.25) is 11.8 Å². The number of carbonyl (C=O) groups excluding carboxylic acids is 5. The fourth-order valence-electron chi connectivity index (χ4n) is 6.96. The van der Waals surface area contributed by atoms with Gasteiger partial charge in [0.05, 0.1) is 31.2 Å². The number of halogens is 3. The number of alkyl halides is 2. The van der Waals surface area contributed by atoms with Crippen molar-refractivity contribution in [3.8, 4) is 5.75 Å². The Balaban J connectivity index is 1.51. The number of fused-ring (bicyclic) bond motifs is 4. The maximum atomic E-state index is 14.3. The molecule has 6 rings (SSSR count). The molecular formula is C30H25Cl2FN2O8. The molecule has 2 aliphatic carbocycles. The van der Waals surface area contributed by atoms with Gasteiger partial charge in [-0.15, -0.1) is 23.2 Å². The summed E-state index contributed by atoms with van der Waals surface area (Å²) in [5.74, 6) is -7.16. The number of allylic oxidation sites excluding steroid dienone is 2. The van der Waals surface area contributed by atoms with Crippen molar-refractivity contribution < 1.29 is 42.9 Å². The predicted molar refractivity (Wildman–Crippen MR) is 150 cm³/mol. The first-order valence-electron chi connectivity index (χ1n) is 13.5. The van der Waals surface area contributed by atoms with Crippen LogP contribution in [0.25, 0.3) is 0 Å². The maximum absolute atomic E-state index is 14.3. The fourth-order valence-corrected chi connectivity index (χ4v) is 7.90. The Labute approximate surface area is 254 Å². The van der Waals surface area contributed by atoms with Crippen LogP contribution >= 0.6 is 23.2 Å². The van der Waals surface area contributed by atoms with Crippen molar-refractivity contribution in [1.29, 1.82) is 0 Å². The highest BCUT2D eigenvalue weighted by atomic mass is 35.5. The van der Waals surface area contributed by atoms with Gasteiger partial charge in [-0.3, -0.25) is 19.2 Å². The van der Waals surface area contributed by atoms with Crippen LogP contribution in [-0.4, -0.2) is 69.8 Å². The summed E-state index contributed by atoms with van der Waals surface area (Å²) in [5.41, 5.74) is 1.08. The number of rotatable bonds is 5. The average molecular weight is 631 g/mol. The minimum Gasteiger partial charge on any atom is -0.491 e. The highest BCUT2D eigenvalue weighted by Gasteiger charge is 2.76. The van der Waals surface area contributed by atoms with E-state index in [0.717, 1.165) is 24.1 Å². The molecule has 4 aliphatic rings. The number of amides is 5. The van der Waals surface area contributed by atoms with Crippen LogP contribution in [0.4, 0.5) is 14.9 Å². The van der Waals surface area contributed by atoms with E-state index in [-0.39, 0.29) is 31.7 Å². The van der Waals surface area contributed by atoms with Crippen molar-refractivity contribution in [2.24, 2.45) is 17.8 Å². The van der Waals surface area contributed by atoms with Gasteiger partial charge >= 0.3 is 6.09 Å². The molecular weight excluding hydrogens is 606 g/mol. The first-order chi connectivity index (χ1) is 20.5. The second-order valence-corrected chi connectivity index (χ2v) is 12.1. The van der Waals surface area contributed by atoms with E-state index in [0.29, 0.717) is 21.8 Å². The van der Waals surface area contributed by atoms with Crippen LogP contribution < -0.4 is 9.64 Å². The minimum atomic E-state index is -2.09. The lowest BCUT2D eigenvalue weighted by Gasteiger charge is -2.50. The number of hydrogen-bond acceptors (Lipinski definition) is 8. The van der Waals surface area contributed by atoms with E-state index in [1.54, 1.807) is 30.3 Å². The number of imide groups is 4. The van der Waals surface area contributed by atoms with E-state index in [1.165, 1.54) is 12.1 Å². The monoisotopic (exact) mass is 630 g/mol. The normalized spacial score (nSPS) is 31.4. The van der Waals surface area contributed by atoms with Crippen LogP contribution in [0, 0.1) is 23.6 Å². The third kappa shape index (κ3) is 4.05. The lowest BCUT2D eigenvalue weighted by Crippen LogP contribution is -2.60. The standard InChI is InChI=1S/C30H25Cl2FN2O8/c1-42-28(41)35-24(37)20-11-10-19-21(22(20)25(35)38)14-29(31)26(39)34(17-6-4-16(33)5-7-17)27(40)30(29,32)23(19)15-2-8-18(9-3-15)43-13-12-36/h2-10,20-23,36H,11-14H2,1H3/t20-,21+,22-,23-,29+,30-/m0/s1. The molecule has 10 nitrogen and oxygen atoms in total. The Bertz CT molecular complexity index is 1580. The van der Waals surface area contributed by atoms with Crippen LogP contribution in [-0.2, 0) is 23.9 Å². The number of aliphatic hydroxyl groups is 1. The molecule has 1 N–H and O–H groups in total. The second kappa shape index (κ2) is 10.4. The molecule has 43 heavy (non-hydrogen) atoms. The molecule has 0 radical (unpaired) electrons. The number of hydrogen-bond donors (Lipinski definition) is 1. The number of methoxy groups -OCH3 is 1. The Morgan fingerprint density at radius 1 is 1.00 bits per heavy atom. The van der Waals surface area contributed by atoms with Gasteiger partial charge in [-0.2, -0.15) is 4.90 Å². The van der Waals surface area contributed by atoms with Gasteiger partial charge in [0, 0.05) is 5.92 Å². The number of likely N-dealkylation sites (tertiary alicyclic amines) is 1. The zero-order valence-corrected chi connectivity index (χ0v) is 24.2. The molecule has 2 saturated heterocycles. The third-order valence-electron chi connectivity index (χ3n) is 8.83. The quantitative estimate of drug-likeness (QED) is 0.302. The maximum Gasteiger partial charge on any atom is 0.423 e. The Hall–Kier alpha value is -3.80. The van der Waals surface area contributed by atoms with Crippen molar-refractivity contribution in [2.45, 2.75) is 28.5 Å². The number of carbonyl (C=O) groups is 5. The molecule has 2 aromatic rings. The van der Waals surface area contributed by atoms with Crippen LogP contribution in [0.2, 0.25) is 0 Å². The van der Waals surface area contributed by atoms with E-state index in [2.05, 4.69) is 4.74 Å². The molecule has 5 amide bonds. The first-order valence-corrected chi connectivity index (χ1v) is 14.3. The minimum absolute atomic E-state index is 0.0513. The summed E-state index contributed by atoms with van der Waals surface area (Å²) in [6.45, 7) is -0.151. The summed E-state index contributed by atoms with van der Waals surface area (Å²) in [4.78, 5) is 64.7. The Morgan fingerprint density at radius 2 is 1.67 bits per heavy atom. The number of aliphatic hydroxyl groups excluding tert-OH is 1. The summed E-state index contributed by atoms with van der Waals surface area (Å²) in [7, 11) is 1.06. The van der Waals surface area contributed by atoms with E-state index in [1.807, 2.05) is 0 Å². The molecule has 1 saturated carbocycles. The number of benzene rings is 2. The highest BCUT2D eigenvalue weighted by molar-refractivity contribution is 6.58. The van der Waals surface area contributed by atoms with Crippen LogP contribution in [0.5, 0.6) is 5.75 Å². The second-order valence-electron chi connectivity index (χ2n) is 10.9. The summed E-state index contributed by atoms with van der Waals surface area (Å²) in [6, 6.07) is 11.2. The van der Waals surface area contributed by atoms with Crippen LogP contribution in [0.1, 0.15) is 24.3 Å². The SMILES string of the molecule is COC(=O)N1C(=O)[C@H]2[C@H](CC=C3[C@H]2C[C@@]2(Cl)C(=O)N(c4ccc(F)cc4)C(=O)[C@@]2(Cl)[C@H]3c2ccc(OCCO)cc2)C1=O. The Kier molecular flexibility index (Phi) is 7.10. The lowest BCUT2D eigenvalue weighted by atomic mass is 9.56. The van der Waals surface area contributed by atoms with Crippen LogP contribution in [0.3, 0.4) is 0 Å². The van der Waals surface area contributed by atoms with Crippen LogP contribution in [0.15, 0.2) is 60.2 Å². The van der Waals surface area contributed by atoms with Gasteiger partial charge in [0.25, 0.3) is 11.8 Å². The van der Waals surface area contributed by atoms with E-state index >= 15 is 0 Å². The topological polar surface area (TPSA) is 131 Å². The van der Waals surface area contributed by atoms with Gasteiger partial charge in [0.15, 0.2) is 9.75 Å². The molecule has 0 aromatic heterocycles. The van der Waals surface area contributed by atoms with Crippen molar-refractivity contribution in [2.75, 3.05) is 25.2 Å².